The lowest BCUT2D eigenvalue weighted by atomic mass is 9.99. The van der Waals surface area contributed by atoms with Gasteiger partial charge < -0.3 is 10.5 Å². The third-order valence-electron chi connectivity index (χ3n) is 3.33. The van der Waals surface area contributed by atoms with E-state index >= 15 is 0 Å². The Morgan fingerprint density at radius 1 is 1.44 bits per heavy atom. The van der Waals surface area contributed by atoms with Crippen molar-refractivity contribution < 1.29 is 9.53 Å². The van der Waals surface area contributed by atoms with Crippen molar-refractivity contribution in [2.24, 2.45) is 5.73 Å². The van der Waals surface area contributed by atoms with Gasteiger partial charge in [-0.25, -0.2) is 4.79 Å². The van der Waals surface area contributed by atoms with E-state index in [0.29, 0.717) is 19.1 Å². The molecule has 1 aliphatic heterocycles. The number of nitrogens with two attached hydrogens (primary N) is 1. The normalized spacial score (nSPS) is 20.1. The van der Waals surface area contributed by atoms with Crippen LogP contribution in [0.1, 0.15) is 31.7 Å². The molecule has 1 heterocycles. The lowest BCUT2D eigenvalue weighted by molar-refractivity contribution is 0.130. The van der Waals surface area contributed by atoms with Gasteiger partial charge in [0.15, 0.2) is 0 Å². The van der Waals surface area contributed by atoms with E-state index in [-0.39, 0.29) is 12.1 Å². The fourth-order valence-electron chi connectivity index (χ4n) is 2.34. The minimum atomic E-state index is -0.287. The van der Waals surface area contributed by atoms with Crippen LogP contribution in [0.5, 0.6) is 0 Å². The van der Waals surface area contributed by atoms with Crippen molar-refractivity contribution in [3.05, 3.63) is 29.8 Å². The zero-order valence-corrected chi connectivity index (χ0v) is 10.9. The molecule has 1 aromatic carbocycles. The Morgan fingerprint density at radius 2 is 2.17 bits per heavy atom. The van der Waals surface area contributed by atoms with Crippen molar-refractivity contribution >= 4 is 11.8 Å². The first-order valence-electron chi connectivity index (χ1n) is 6.40. The maximum atomic E-state index is 12.0. The van der Waals surface area contributed by atoms with Crippen LogP contribution < -0.4 is 10.6 Å². The van der Waals surface area contributed by atoms with E-state index in [9.17, 15) is 4.79 Å². The van der Waals surface area contributed by atoms with Crippen LogP contribution in [-0.4, -0.2) is 25.3 Å². The summed E-state index contributed by atoms with van der Waals surface area (Å²) in [6, 6.07) is 7.98. The fraction of sp³-hybridized carbons (Fsp3) is 0.500. The second kappa shape index (κ2) is 5.40. The lowest BCUT2D eigenvalue weighted by Gasteiger charge is -2.35. The third-order valence-corrected chi connectivity index (χ3v) is 3.33. The molecule has 4 heteroatoms. The van der Waals surface area contributed by atoms with Crippen LogP contribution in [0.3, 0.4) is 0 Å². The smallest absolute Gasteiger partial charge is 0.414 e. The quantitative estimate of drug-likeness (QED) is 0.894. The number of hydrogen-bond acceptors (Lipinski definition) is 3. The van der Waals surface area contributed by atoms with Crippen molar-refractivity contribution in [1.82, 2.24) is 0 Å². The number of carbonyl (C=O) groups excluding carboxylic acids is 1. The van der Waals surface area contributed by atoms with Crippen LogP contribution in [-0.2, 0) is 4.74 Å². The molecule has 1 unspecified atom stereocenters. The third kappa shape index (κ3) is 2.34. The Balaban J connectivity index is 2.41. The molecule has 0 radical (unpaired) electrons. The highest BCUT2D eigenvalue weighted by molar-refractivity contribution is 5.90. The molecule has 4 nitrogen and oxygen atoms in total. The number of para-hydroxylation sites is 1. The molecule has 1 amide bonds. The van der Waals surface area contributed by atoms with E-state index in [4.69, 9.17) is 10.5 Å². The van der Waals surface area contributed by atoms with Crippen LogP contribution >= 0.6 is 0 Å². The number of hydrogen-bond donors (Lipinski definition) is 1. The summed E-state index contributed by atoms with van der Waals surface area (Å²) in [5, 5.41) is 0. The molecule has 1 fully saturated rings. The van der Waals surface area contributed by atoms with Crippen molar-refractivity contribution in [3.8, 4) is 0 Å². The van der Waals surface area contributed by atoms with Gasteiger partial charge in [0.1, 0.15) is 0 Å². The van der Waals surface area contributed by atoms with Crippen LogP contribution in [0.2, 0.25) is 0 Å². The molecular weight excluding hydrogens is 228 g/mol. The molecule has 1 aliphatic rings. The van der Waals surface area contributed by atoms with Gasteiger partial charge >= 0.3 is 6.09 Å². The molecule has 0 aromatic heterocycles. The maximum absolute atomic E-state index is 12.0. The highest BCUT2D eigenvalue weighted by Gasteiger charge is 2.31. The molecule has 98 valence electrons. The molecule has 0 aliphatic carbocycles. The molecule has 1 saturated heterocycles. The second-order valence-electron chi connectivity index (χ2n) is 4.88. The van der Waals surface area contributed by atoms with E-state index in [0.717, 1.165) is 17.7 Å². The zero-order valence-electron chi connectivity index (χ0n) is 10.9. The van der Waals surface area contributed by atoms with Gasteiger partial charge in [-0.1, -0.05) is 32.0 Å². The van der Waals surface area contributed by atoms with E-state index in [1.807, 2.05) is 18.2 Å². The number of cyclic esters (lactones) is 1. The summed E-state index contributed by atoms with van der Waals surface area (Å²) in [5.41, 5.74) is 7.84. The van der Waals surface area contributed by atoms with Crippen molar-refractivity contribution in [3.63, 3.8) is 0 Å². The van der Waals surface area contributed by atoms with Gasteiger partial charge in [0, 0.05) is 13.0 Å². The second-order valence-corrected chi connectivity index (χ2v) is 4.88. The van der Waals surface area contributed by atoms with Crippen LogP contribution in [0.4, 0.5) is 10.5 Å². The minimum Gasteiger partial charge on any atom is -0.449 e. The van der Waals surface area contributed by atoms with Gasteiger partial charge in [0.25, 0.3) is 0 Å². The summed E-state index contributed by atoms with van der Waals surface area (Å²) in [4.78, 5) is 13.7. The Bertz CT molecular complexity index is 432. The highest BCUT2D eigenvalue weighted by Crippen LogP contribution is 2.31. The highest BCUT2D eigenvalue weighted by atomic mass is 16.6. The topological polar surface area (TPSA) is 55.6 Å². The summed E-state index contributed by atoms with van der Waals surface area (Å²) < 4.78 is 5.14. The Labute approximate surface area is 108 Å². The van der Waals surface area contributed by atoms with E-state index in [1.54, 1.807) is 4.90 Å². The number of carbonyl (C=O) groups is 1. The molecule has 2 rings (SSSR count). The van der Waals surface area contributed by atoms with Gasteiger partial charge in [-0.2, -0.15) is 0 Å². The van der Waals surface area contributed by atoms with Crippen LogP contribution in [0.25, 0.3) is 0 Å². The molecule has 0 spiro atoms. The SMILES string of the molecule is CC(C)c1ccccc1N1C(=O)OCCC1CN. The van der Waals surface area contributed by atoms with Crippen LogP contribution in [0, 0.1) is 0 Å². The number of ether oxygens (including phenoxy) is 1. The molecule has 18 heavy (non-hydrogen) atoms. The molecule has 1 atom stereocenters. The molecule has 2 N–H and O–H groups in total. The van der Waals surface area contributed by atoms with Crippen LogP contribution in [0.15, 0.2) is 24.3 Å². The number of amides is 1. The fourth-order valence-corrected chi connectivity index (χ4v) is 2.34. The van der Waals surface area contributed by atoms with E-state index in [2.05, 4.69) is 19.9 Å². The largest absolute Gasteiger partial charge is 0.449 e. The zero-order chi connectivity index (χ0) is 13.1. The summed E-state index contributed by atoms with van der Waals surface area (Å²) in [7, 11) is 0. The number of rotatable bonds is 3. The number of benzene rings is 1. The summed E-state index contributed by atoms with van der Waals surface area (Å²) in [6.45, 7) is 5.15. The number of anilines is 1. The monoisotopic (exact) mass is 248 g/mol. The average molecular weight is 248 g/mol. The van der Waals surface area contributed by atoms with Gasteiger partial charge in [0.2, 0.25) is 0 Å². The Morgan fingerprint density at radius 3 is 2.83 bits per heavy atom. The van der Waals surface area contributed by atoms with Crippen molar-refractivity contribution in [2.45, 2.75) is 32.2 Å². The molecular formula is C14H20N2O2. The van der Waals surface area contributed by atoms with Crippen molar-refractivity contribution in [2.75, 3.05) is 18.1 Å². The molecule has 1 aromatic rings. The summed E-state index contributed by atoms with van der Waals surface area (Å²) >= 11 is 0. The first kappa shape index (κ1) is 12.9. The van der Waals surface area contributed by atoms with E-state index < -0.39 is 0 Å². The minimum absolute atomic E-state index is 0.0335. The predicted molar refractivity (Wildman–Crippen MR) is 71.8 cm³/mol. The predicted octanol–water partition coefficient (Wildman–Crippen LogP) is 2.48. The van der Waals surface area contributed by atoms with Gasteiger partial charge in [0.05, 0.1) is 18.3 Å². The van der Waals surface area contributed by atoms with Gasteiger partial charge in [-0.05, 0) is 17.5 Å². The molecule has 0 saturated carbocycles. The molecule has 0 bridgehead atoms. The maximum Gasteiger partial charge on any atom is 0.414 e. The lowest BCUT2D eigenvalue weighted by Crippen LogP contribution is -2.49. The summed E-state index contributed by atoms with van der Waals surface area (Å²) in [6.07, 6.45) is 0.499. The first-order valence-corrected chi connectivity index (χ1v) is 6.40. The summed E-state index contributed by atoms with van der Waals surface area (Å²) in [5.74, 6) is 0.356. The van der Waals surface area contributed by atoms with Crippen molar-refractivity contribution in [1.29, 1.82) is 0 Å². The standard InChI is InChI=1S/C14H20N2O2/c1-10(2)12-5-3-4-6-13(12)16-11(9-15)7-8-18-14(16)17/h3-6,10-11H,7-9,15H2,1-2H3. The first-order chi connectivity index (χ1) is 8.65. The Hall–Kier alpha value is -1.55. The van der Waals surface area contributed by atoms with E-state index in [1.165, 1.54) is 0 Å². The average Bonchev–Trinajstić information content (AvgIpc) is 2.38. The van der Waals surface area contributed by atoms with Gasteiger partial charge in [-0.3, -0.25) is 4.90 Å². The Kier molecular flexibility index (Phi) is 3.87. The number of nitrogens with zero attached hydrogens (tertiary/aromatic N) is 1. The van der Waals surface area contributed by atoms with Gasteiger partial charge in [-0.15, -0.1) is 0 Å².